The number of carbonyl (C=O) groups is 1. The number of halogens is 1. The molecule has 0 unspecified atom stereocenters. The molecule has 1 saturated heterocycles. The van der Waals surface area contributed by atoms with Crippen LogP contribution in [0.4, 0.5) is 16.3 Å². The molecule has 2 aliphatic heterocycles. The normalized spacial score (nSPS) is 15.5. The third kappa shape index (κ3) is 5.49. The lowest BCUT2D eigenvalue weighted by molar-refractivity contribution is 0.122. The third-order valence-electron chi connectivity index (χ3n) is 6.28. The second kappa shape index (κ2) is 10.5. The van der Waals surface area contributed by atoms with Crippen LogP contribution in [0.3, 0.4) is 0 Å². The molecule has 5 rings (SSSR count). The number of amides is 2. The lowest BCUT2D eigenvalue weighted by atomic mass is 10.0. The molecule has 182 valence electrons. The Hall–Kier alpha value is -3.36. The van der Waals surface area contributed by atoms with Crippen molar-refractivity contribution >= 4 is 29.1 Å². The van der Waals surface area contributed by atoms with Gasteiger partial charge >= 0.3 is 6.03 Å². The van der Waals surface area contributed by atoms with Crippen molar-refractivity contribution in [1.29, 1.82) is 0 Å². The first-order valence-electron chi connectivity index (χ1n) is 11.7. The highest BCUT2D eigenvalue weighted by Gasteiger charge is 2.28. The van der Waals surface area contributed by atoms with Gasteiger partial charge in [0.25, 0.3) is 0 Å². The first kappa shape index (κ1) is 23.4. The summed E-state index contributed by atoms with van der Waals surface area (Å²) >= 11 is 6.07. The van der Waals surface area contributed by atoms with Gasteiger partial charge in [-0.15, -0.1) is 0 Å². The van der Waals surface area contributed by atoms with Crippen molar-refractivity contribution < 1.29 is 14.3 Å². The number of aromatic nitrogens is 2. The first-order valence-corrected chi connectivity index (χ1v) is 12.1. The number of nitrogens with one attached hydrogen (secondary N) is 1. The maximum atomic E-state index is 13.0. The fraction of sp³-hybridized carbons (Fsp3) is 0.346. The number of carbonyl (C=O) groups excluding carboxylic acids is 1. The topological polar surface area (TPSA) is 79.8 Å². The van der Waals surface area contributed by atoms with Crippen LogP contribution in [0.2, 0.25) is 5.02 Å². The van der Waals surface area contributed by atoms with E-state index in [1.54, 1.807) is 24.1 Å². The molecule has 0 atom stereocenters. The van der Waals surface area contributed by atoms with Crippen molar-refractivity contribution in [1.82, 2.24) is 14.9 Å². The molecule has 0 spiro atoms. The number of fused-ring (bicyclic) bond motifs is 1. The zero-order chi connectivity index (χ0) is 24.2. The van der Waals surface area contributed by atoms with Crippen LogP contribution >= 0.6 is 11.6 Å². The van der Waals surface area contributed by atoms with Crippen LogP contribution in [0.15, 0.2) is 48.5 Å². The first-order chi connectivity index (χ1) is 17.1. The molecule has 3 heterocycles. The number of urea groups is 1. The Balaban J connectivity index is 1.40. The molecule has 1 fully saturated rings. The number of methoxy groups -OCH3 is 1. The molecule has 1 N–H and O–H groups in total. The monoisotopic (exact) mass is 493 g/mol. The Bertz CT molecular complexity index is 1200. The van der Waals surface area contributed by atoms with Gasteiger partial charge in [-0.25, -0.2) is 14.8 Å². The fourth-order valence-electron chi connectivity index (χ4n) is 4.43. The molecule has 1 aromatic heterocycles. The van der Waals surface area contributed by atoms with Crippen molar-refractivity contribution in [3.8, 4) is 5.75 Å². The number of nitrogens with zero attached hydrogens (tertiary/aromatic N) is 4. The molecule has 35 heavy (non-hydrogen) atoms. The smallest absolute Gasteiger partial charge is 0.322 e. The van der Waals surface area contributed by atoms with Gasteiger partial charge in [0.05, 0.1) is 32.6 Å². The van der Waals surface area contributed by atoms with Gasteiger partial charge in [-0.1, -0.05) is 29.8 Å². The Kier molecular flexibility index (Phi) is 7.01. The van der Waals surface area contributed by atoms with Gasteiger partial charge in [0.1, 0.15) is 17.4 Å². The summed E-state index contributed by atoms with van der Waals surface area (Å²) in [5.74, 6) is 2.51. The number of hydrogen-bond donors (Lipinski definition) is 1. The quantitative estimate of drug-likeness (QED) is 0.575. The molecule has 0 saturated carbocycles. The second-order valence-corrected chi connectivity index (χ2v) is 9.06. The predicted octanol–water partition coefficient (Wildman–Crippen LogP) is 4.16. The Labute approximate surface area is 209 Å². The molecular formula is C26H28ClN5O3. The van der Waals surface area contributed by atoms with Crippen molar-refractivity contribution in [2.24, 2.45) is 0 Å². The van der Waals surface area contributed by atoms with Crippen LogP contribution in [0.1, 0.15) is 22.6 Å². The number of anilines is 2. The van der Waals surface area contributed by atoms with Gasteiger partial charge in [0.2, 0.25) is 0 Å². The molecule has 2 amide bonds. The van der Waals surface area contributed by atoms with E-state index in [4.69, 9.17) is 31.0 Å². The summed E-state index contributed by atoms with van der Waals surface area (Å²) in [6, 6.07) is 15.0. The molecular weight excluding hydrogens is 466 g/mol. The molecule has 2 aromatic carbocycles. The van der Waals surface area contributed by atoms with E-state index < -0.39 is 0 Å². The van der Waals surface area contributed by atoms with Crippen molar-refractivity contribution in [2.75, 3.05) is 50.2 Å². The maximum Gasteiger partial charge on any atom is 0.322 e. The van der Waals surface area contributed by atoms with E-state index in [-0.39, 0.29) is 6.03 Å². The standard InChI is InChI=1S/C26H28ClN5O3/c1-34-21-7-5-18(6-8-21)15-24-29-23-9-10-32(26(33)28-20-4-2-3-19(27)16-20)17-22(23)25(30-24)31-11-13-35-14-12-31/h2-8,16H,9-15,17H2,1H3,(H,28,33). The molecule has 0 aliphatic carbocycles. The van der Waals surface area contributed by atoms with E-state index in [9.17, 15) is 4.79 Å². The molecule has 0 bridgehead atoms. The van der Waals surface area contributed by atoms with E-state index in [1.165, 1.54) is 0 Å². The van der Waals surface area contributed by atoms with Gasteiger partial charge < -0.3 is 24.6 Å². The summed E-state index contributed by atoms with van der Waals surface area (Å²) < 4.78 is 10.8. The average molecular weight is 494 g/mol. The van der Waals surface area contributed by atoms with Gasteiger partial charge in [-0.2, -0.15) is 0 Å². The maximum absolute atomic E-state index is 13.0. The van der Waals surface area contributed by atoms with Crippen LogP contribution in [0.5, 0.6) is 5.75 Å². The number of benzene rings is 2. The van der Waals surface area contributed by atoms with Crippen molar-refractivity contribution in [3.05, 3.63) is 76.2 Å². The lowest BCUT2D eigenvalue weighted by Crippen LogP contribution is -2.42. The summed E-state index contributed by atoms with van der Waals surface area (Å²) in [6.45, 7) is 3.88. The number of rotatable bonds is 5. The number of morpholine rings is 1. The van der Waals surface area contributed by atoms with Gasteiger partial charge in [0, 0.05) is 48.7 Å². The van der Waals surface area contributed by atoms with Crippen LogP contribution < -0.4 is 15.0 Å². The summed E-state index contributed by atoms with van der Waals surface area (Å²) in [5, 5.41) is 3.54. The average Bonchev–Trinajstić information content (AvgIpc) is 2.89. The van der Waals surface area contributed by atoms with E-state index in [0.717, 1.165) is 47.3 Å². The molecule has 0 radical (unpaired) electrons. The minimum Gasteiger partial charge on any atom is -0.497 e. The Morgan fingerprint density at radius 1 is 1.11 bits per heavy atom. The largest absolute Gasteiger partial charge is 0.497 e. The zero-order valence-corrected chi connectivity index (χ0v) is 20.4. The van der Waals surface area contributed by atoms with Crippen molar-refractivity contribution in [2.45, 2.75) is 19.4 Å². The molecule has 9 heteroatoms. The van der Waals surface area contributed by atoms with E-state index in [0.29, 0.717) is 49.9 Å². The summed E-state index contributed by atoms with van der Waals surface area (Å²) in [5.41, 5.74) is 3.82. The zero-order valence-electron chi connectivity index (χ0n) is 19.7. The summed E-state index contributed by atoms with van der Waals surface area (Å²) in [6.07, 6.45) is 1.31. The Morgan fingerprint density at radius 2 is 1.91 bits per heavy atom. The van der Waals surface area contributed by atoms with Crippen LogP contribution in [-0.4, -0.2) is 60.9 Å². The SMILES string of the molecule is COc1ccc(Cc2nc3c(c(N4CCOCC4)n2)CN(C(=O)Nc2cccc(Cl)c2)CC3)cc1. The van der Waals surface area contributed by atoms with Crippen molar-refractivity contribution in [3.63, 3.8) is 0 Å². The molecule has 3 aromatic rings. The predicted molar refractivity (Wildman–Crippen MR) is 135 cm³/mol. The summed E-state index contributed by atoms with van der Waals surface area (Å²) in [7, 11) is 1.66. The summed E-state index contributed by atoms with van der Waals surface area (Å²) in [4.78, 5) is 27.0. The highest BCUT2D eigenvalue weighted by molar-refractivity contribution is 6.30. The molecule has 2 aliphatic rings. The fourth-order valence-corrected chi connectivity index (χ4v) is 4.62. The van der Waals surface area contributed by atoms with Gasteiger partial charge in [-0.05, 0) is 35.9 Å². The third-order valence-corrected chi connectivity index (χ3v) is 6.51. The number of ether oxygens (including phenoxy) is 2. The van der Waals surface area contributed by atoms with Crippen LogP contribution in [0, 0.1) is 0 Å². The van der Waals surface area contributed by atoms with Crippen LogP contribution in [0.25, 0.3) is 0 Å². The molecule has 8 nitrogen and oxygen atoms in total. The second-order valence-electron chi connectivity index (χ2n) is 8.63. The van der Waals surface area contributed by atoms with Gasteiger partial charge in [-0.3, -0.25) is 0 Å². The lowest BCUT2D eigenvalue weighted by Gasteiger charge is -2.34. The van der Waals surface area contributed by atoms with E-state index in [1.807, 2.05) is 36.4 Å². The number of hydrogen-bond acceptors (Lipinski definition) is 6. The minimum atomic E-state index is -0.159. The highest BCUT2D eigenvalue weighted by atomic mass is 35.5. The Morgan fingerprint density at radius 3 is 2.66 bits per heavy atom. The van der Waals surface area contributed by atoms with E-state index in [2.05, 4.69) is 10.2 Å². The van der Waals surface area contributed by atoms with Crippen LogP contribution in [-0.2, 0) is 24.1 Å². The van der Waals surface area contributed by atoms with Gasteiger partial charge in [0.15, 0.2) is 0 Å². The van der Waals surface area contributed by atoms with E-state index >= 15 is 0 Å². The highest BCUT2D eigenvalue weighted by Crippen LogP contribution is 2.29. The minimum absolute atomic E-state index is 0.159.